The molecule has 0 unspecified atom stereocenters. The van der Waals surface area contributed by atoms with Crippen LogP contribution in [0.15, 0.2) is 24.7 Å². The molecule has 3 aromatic heterocycles. The highest BCUT2D eigenvalue weighted by molar-refractivity contribution is 7.25. The second kappa shape index (κ2) is 2.62. The largest absolute Gasteiger partial charge is 0.384 e. The van der Waals surface area contributed by atoms with Crippen LogP contribution in [0.2, 0.25) is 0 Å². The van der Waals surface area contributed by atoms with Crippen molar-refractivity contribution >= 4 is 37.6 Å². The van der Waals surface area contributed by atoms with Gasteiger partial charge in [0.2, 0.25) is 0 Å². The number of rotatable bonds is 0. The summed E-state index contributed by atoms with van der Waals surface area (Å²) in [5, 5.41) is 1.04. The van der Waals surface area contributed by atoms with Crippen molar-refractivity contribution in [3.8, 4) is 0 Å². The van der Waals surface area contributed by atoms with Crippen LogP contribution in [0.4, 0.5) is 5.82 Å². The third-order valence-electron chi connectivity index (χ3n) is 2.02. The van der Waals surface area contributed by atoms with E-state index in [2.05, 4.69) is 15.0 Å². The van der Waals surface area contributed by atoms with E-state index >= 15 is 0 Å². The first-order valence-corrected chi connectivity index (χ1v) is 4.91. The maximum Gasteiger partial charge on any atom is 0.128 e. The molecule has 0 spiro atoms. The van der Waals surface area contributed by atoms with Gasteiger partial charge in [-0.05, 0) is 12.1 Å². The zero-order valence-corrected chi connectivity index (χ0v) is 7.95. The molecule has 0 radical (unpaired) electrons. The van der Waals surface area contributed by atoms with E-state index in [0.29, 0.717) is 5.82 Å². The molecule has 0 fully saturated rings. The molecule has 0 saturated heterocycles. The van der Waals surface area contributed by atoms with Crippen LogP contribution in [0.5, 0.6) is 0 Å². The highest BCUT2D eigenvalue weighted by atomic mass is 32.1. The van der Waals surface area contributed by atoms with Gasteiger partial charge in [-0.2, -0.15) is 0 Å². The lowest BCUT2D eigenvalue weighted by Crippen LogP contribution is -1.87. The van der Waals surface area contributed by atoms with Gasteiger partial charge in [0.25, 0.3) is 0 Å². The molecule has 3 rings (SSSR count). The van der Waals surface area contributed by atoms with Crippen LogP contribution in [0, 0.1) is 0 Å². The zero-order chi connectivity index (χ0) is 9.54. The lowest BCUT2D eigenvalue weighted by Gasteiger charge is -1.90. The summed E-state index contributed by atoms with van der Waals surface area (Å²) in [6.45, 7) is 0. The van der Waals surface area contributed by atoms with Gasteiger partial charge >= 0.3 is 0 Å². The second-order valence-corrected chi connectivity index (χ2v) is 3.96. The van der Waals surface area contributed by atoms with Crippen molar-refractivity contribution in [2.75, 3.05) is 5.73 Å². The average Bonchev–Trinajstić information content (AvgIpc) is 2.54. The lowest BCUT2D eigenvalue weighted by molar-refractivity contribution is 1.23. The van der Waals surface area contributed by atoms with E-state index in [-0.39, 0.29) is 0 Å². The van der Waals surface area contributed by atoms with Gasteiger partial charge < -0.3 is 5.73 Å². The third kappa shape index (κ3) is 0.958. The summed E-state index contributed by atoms with van der Waals surface area (Å²) in [4.78, 5) is 13.3. The highest BCUT2D eigenvalue weighted by Gasteiger charge is 2.06. The van der Waals surface area contributed by atoms with Crippen LogP contribution in [-0.4, -0.2) is 15.0 Å². The van der Waals surface area contributed by atoms with Crippen LogP contribution in [0.25, 0.3) is 20.4 Å². The minimum absolute atomic E-state index is 0.539. The summed E-state index contributed by atoms with van der Waals surface area (Å²) in [6, 6.07) is 3.74. The Morgan fingerprint density at radius 2 is 2.21 bits per heavy atom. The predicted octanol–water partition coefficient (Wildman–Crippen LogP) is 1.82. The summed E-state index contributed by atoms with van der Waals surface area (Å²) in [5.74, 6) is 0.539. The molecule has 4 nitrogen and oxygen atoms in total. The Morgan fingerprint density at radius 1 is 1.29 bits per heavy atom. The summed E-state index contributed by atoms with van der Waals surface area (Å²) >= 11 is 1.56. The van der Waals surface area contributed by atoms with E-state index in [1.54, 1.807) is 29.9 Å². The zero-order valence-electron chi connectivity index (χ0n) is 7.14. The molecule has 0 atom stereocenters. The Balaban J connectivity index is 2.57. The van der Waals surface area contributed by atoms with E-state index in [0.717, 1.165) is 20.4 Å². The van der Waals surface area contributed by atoms with Gasteiger partial charge in [-0.1, -0.05) is 0 Å². The number of nitrogen functional groups attached to an aromatic ring is 1. The van der Waals surface area contributed by atoms with E-state index in [4.69, 9.17) is 5.73 Å². The number of pyridine rings is 1. The highest BCUT2D eigenvalue weighted by Crippen LogP contribution is 2.30. The maximum atomic E-state index is 5.61. The number of nitrogens with zero attached hydrogens (tertiary/aromatic N) is 3. The fraction of sp³-hybridized carbons (Fsp3) is 0. The average molecular weight is 202 g/mol. The molecular formula is C9H6N4S. The molecule has 3 heterocycles. The Bertz CT molecular complexity index is 616. The van der Waals surface area contributed by atoms with Crippen LogP contribution < -0.4 is 5.73 Å². The van der Waals surface area contributed by atoms with Crippen LogP contribution in [0.3, 0.4) is 0 Å². The minimum Gasteiger partial charge on any atom is -0.384 e. The van der Waals surface area contributed by atoms with Gasteiger partial charge in [0.15, 0.2) is 0 Å². The van der Waals surface area contributed by atoms with Crippen molar-refractivity contribution in [3.05, 3.63) is 24.7 Å². The van der Waals surface area contributed by atoms with E-state index in [1.807, 2.05) is 6.07 Å². The Hall–Kier alpha value is -1.75. The first-order valence-electron chi connectivity index (χ1n) is 4.09. The van der Waals surface area contributed by atoms with Gasteiger partial charge in [0.05, 0.1) is 10.2 Å². The van der Waals surface area contributed by atoms with Crippen LogP contribution in [-0.2, 0) is 0 Å². The van der Waals surface area contributed by atoms with E-state index in [1.165, 1.54) is 0 Å². The molecule has 2 N–H and O–H groups in total. The molecule has 3 aromatic rings. The first-order chi connectivity index (χ1) is 6.84. The predicted molar refractivity (Wildman–Crippen MR) is 57.1 cm³/mol. The summed E-state index contributed by atoms with van der Waals surface area (Å²) in [7, 11) is 0. The topological polar surface area (TPSA) is 64.7 Å². The molecule has 5 heteroatoms. The fourth-order valence-corrected chi connectivity index (χ4v) is 2.42. The standard InChI is InChI=1S/C9H6N4S/c10-7-2-1-5-8-6(3-11-4-12-8)14-9(5)13-7/h1-4H,(H2,10,13). The molecular weight excluding hydrogens is 196 g/mol. The molecule has 0 amide bonds. The fourth-order valence-electron chi connectivity index (χ4n) is 1.41. The molecule has 0 bridgehead atoms. The van der Waals surface area contributed by atoms with Crippen molar-refractivity contribution in [1.82, 2.24) is 15.0 Å². The molecule has 0 aromatic carbocycles. The number of fused-ring (bicyclic) bond motifs is 3. The molecule has 68 valence electrons. The van der Waals surface area contributed by atoms with E-state index in [9.17, 15) is 0 Å². The lowest BCUT2D eigenvalue weighted by atomic mass is 10.3. The Morgan fingerprint density at radius 3 is 3.14 bits per heavy atom. The third-order valence-corrected chi connectivity index (χ3v) is 3.05. The van der Waals surface area contributed by atoms with E-state index < -0.39 is 0 Å². The monoisotopic (exact) mass is 202 g/mol. The van der Waals surface area contributed by atoms with Crippen molar-refractivity contribution in [1.29, 1.82) is 0 Å². The van der Waals surface area contributed by atoms with Crippen molar-refractivity contribution in [3.63, 3.8) is 0 Å². The number of thiophene rings is 1. The van der Waals surface area contributed by atoms with Gasteiger partial charge in [-0.3, -0.25) is 0 Å². The van der Waals surface area contributed by atoms with Gasteiger partial charge in [0.1, 0.15) is 17.0 Å². The molecule has 0 aliphatic rings. The van der Waals surface area contributed by atoms with Crippen molar-refractivity contribution in [2.24, 2.45) is 0 Å². The van der Waals surface area contributed by atoms with Crippen molar-refractivity contribution in [2.45, 2.75) is 0 Å². The quantitative estimate of drug-likeness (QED) is 0.604. The van der Waals surface area contributed by atoms with Gasteiger partial charge in [-0.15, -0.1) is 11.3 Å². The first kappa shape index (κ1) is 7.64. The van der Waals surface area contributed by atoms with Gasteiger partial charge in [0, 0.05) is 11.6 Å². The van der Waals surface area contributed by atoms with Gasteiger partial charge in [-0.25, -0.2) is 15.0 Å². The normalized spacial score (nSPS) is 11.1. The maximum absolute atomic E-state index is 5.61. The smallest absolute Gasteiger partial charge is 0.128 e. The number of aromatic nitrogens is 3. The van der Waals surface area contributed by atoms with Crippen LogP contribution >= 0.6 is 11.3 Å². The summed E-state index contributed by atoms with van der Waals surface area (Å²) in [5.41, 5.74) is 6.56. The minimum atomic E-state index is 0.539. The number of hydrogen-bond donors (Lipinski definition) is 1. The number of hydrogen-bond acceptors (Lipinski definition) is 5. The molecule has 0 aliphatic carbocycles. The van der Waals surface area contributed by atoms with Crippen LogP contribution in [0.1, 0.15) is 0 Å². The SMILES string of the molecule is Nc1ccc2c(n1)sc1cncnc12. The molecule has 14 heavy (non-hydrogen) atoms. The molecule has 0 aliphatic heterocycles. The summed E-state index contributed by atoms with van der Waals surface area (Å²) in [6.07, 6.45) is 3.34. The molecule has 0 saturated carbocycles. The number of anilines is 1. The Kier molecular flexibility index (Phi) is 1.43. The Labute approximate surface area is 83.4 Å². The summed E-state index contributed by atoms with van der Waals surface area (Å²) < 4.78 is 1.04. The number of nitrogens with two attached hydrogens (primary N) is 1. The van der Waals surface area contributed by atoms with Crippen molar-refractivity contribution < 1.29 is 0 Å². The second-order valence-electron chi connectivity index (χ2n) is 2.93.